The monoisotopic (exact) mass is 316 g/mol. The largest absolute Gasteiger partial charge is 0.382 e. The van der Waals surface area contributed by atoms with Crippen LogP contribution in [0.1, 0.15) is 31.2 Å². The van der Waals surface area contributed by atoms with Crippen LogP contribution in [0.15, 0.2) is 16.6 Å². The topological polar surface area (TPSA) is 20.2 Å². The molecule has 2 aromatic heterocycles. The Bertz CT molecular complexity index is 494. The van der Waals surface area contributed by atoms with Gasteiger partial charge in [0.05, 0.1) is 4.88 Å². The molecular formula is C12H13BrOS2. The zero-order valence-corrected chi connectivity index (χ0v) is 12.6. The zero-order valence-electron chi connectivity index (χ0n) is 9.37. The van der Waals surface area contributed by atoms with Crippen LogP contribution >= 0.6 is 38.6 Å². The molecule has 0 saturated heterocycles. The van der Waals surface area contributed by atoms with Gasteiger partial charge in [-0.15, -0.1) is 22.7 Å². The van der Waals surface area contributed by atoms with Crippen LogP contribution in [0.4, 0.5) is 0 Å². The van der Waals surface area contributed by atoms with Gasteiger partial charge in [-0.2, -0.15) is 0 Å². The first kappa shape index (κ1) is 12.3. The molecule has 0 fully saturated rings. The van der Waals surface area contributed by atoms with Crippen LogP contribution in [0.25, 0.3) is 0 Å². The molecule has 2 aromatic rings. The van der Waals surface area contributed by atoms with E-state index >= 15 is 0 Å². The summed E-state index contributed by atoms with van der Waals surface area (Å²) < 4.78 is 1.01. The highest BCUT2D eigenvalue weighted by Crippen LogP contribution is 2.38. The van der Waals surface area contributed by atoms with Crippen LogP contribution in [-0.2, 0) is 0 Å². The third-order valence-electron chi connectivity index (χ3n) is 2.54. The van der Waals surface area contributed by atoms with Crippen molar-refractivity contribution < 1.29 is 5.11 Å². The van der Waals surface area contributed by atoms with Crippen molar-refractivity contribution in [2.24, 2.45) is 0 Å². The van der Waals surface area contributed by atoms with Gasteiger partial charge in [-0.25, -0.2) is 0 Å². The lowest BCUT2D eigenvalue weighted by Gasteiger charge is -2.06. The molecule has 0 spiro atoms. The maximum absolute atomic E-state index is 10.3. The van der Waals surface area contributed by atoms with Crippen molar-refractivity contribution in [2.75, 3.05) is 0 Å². The van der Waals surface area contributed by atoms with Gasteiger partial charge >= 0.3 is 0 Å². The van der Waals surface area contributed by atoms with E-state index in [9.17, 15) is 5.11 Å². The molecule has 0 saturated carbocycles. The Morgan fingerprint density at radius 2 is 1.88 bits per heavy atom. The molecular weight excluding hydrogens is 304 g/mol. The summed E-state index contributed by atoms with van der Waals surface area (Å²) in [5, 5.41) is 10.3. The molecule has 4 heteroatoms. The highest BCUT2D eigenvalue weighted by atomic mass is 79.9. The Morgan fingerprint density at radius 1 is 1.19 bits per heavy atom. The predicted molar refractivity (Wildman–Crippen MR) is 74.6 cm³/mol. The lowest BCUT2D eigenvalue weighted by molar-refractivity contribution is 0.227. The molecule has 1 atom stereocenters. The maximum Gasteiger partial charge on any atom is 0.123 e. The van der Waals surface area contributed by atoms with Gasteiger partial charge < -0.3 is 5.11 Å². The highest BCUT2D eigenvalue weighted by Gasteiger charge is 2.18. The van der Waals surface area contributed by atoms with Gasteiger partial charge in [0.25, 0.3) is 0 Å². The first-order valence-corrected chi connectivity index (χ1v) is 7.42. The van der Waals surface area contributed by atoms with Crippen molar-refractivity contribution >= 4 is 38.6 Å². The van der Waals surface area contributed by atoms with Crippen LogP contribution in [-0.4, -0.2) is 5.11 Å². The number of aryl methyl sites for hydroxylation is 3. The fourth-order valence-corrected chi connectivity index (χ4v) is 4.54. The molecule has 1 N–H and O–H groups in total. The minimum atomic E-state index is -0.495. The Morgan fingerprint density at radius 3 is 2.31 bits per heavy atom. The summed E-state index contributed by atoms with van der Waals surface area (Å²) in [4.78, 5) is 4.51. The van der Waals surface area contributed by atoms with E-state index in [1.807, 2.05) is 0 Å². The summed E-state index contributed by atoms with van der Waals surface area (Å²) in [5.41, 5.74) is 1.25. The second kappa shape index (κ2) is 4.61. The Labute approximate surface area is 112 Å². The second-order valence-corrected chi connectivity index (χ2v) is 7.29. The molecule has 2 heterocycles. The third kappa shape index (κ3) is 2.25. The number of thiophene rings is 2. The lowest BCUT2D eigenvalue weighted by atomic mass is 10.2. The van der Waals surface area contributed by atoms with Gasteiger partial charge in [0, 0.05) is 19.1 Å². The van der Waals surface area contributed by atoms with Crippen molar-refractivity contribution in [2.45, 2.75) is 26.9 Å². The number of hydrogen-bond donors (Lipinski definition) is 1. The normalized spacial score (nSPS) is 13.1. The summed E-state index contributed by atoms with van der Waals surface area (Å²) in [6.45, 7) is 6.22. The van der Waals surface area contributed by atoms with Gasteiger partial charge in [-0.3, -0.25) is 0 Å². The molecule has 16 heavy (non-hydrogen) atoms. The van der Waals surface area contributed by atoms with E-state index in [1.54, 1.807) is 22.7 Å². The molecule has 0 amide bonds. The molecule has 0 radical (unpaired) electrons. The summed E-state index contributed by atoms with van der Waals surface area (Å²) >= 11 is 6.81. The molecule has 1 unspecified atom stereocenters. The molecule has 1 nitrogen and oxygen atoms in total. The quantitative estimate of drug-likeness (QED) is 0.859. The zero-order chi connectivity index (χ0) is 11.9. The molecule has 0 aliphatic carbocycles. The Kier molecular flexibility index (Phi) is 3.54. The highest BCUT2D eigenvalue weighted by molar-refractivity contribution is 9.10. The third-order valence-corrected chi connectivity index (χ3v) is 5.77. The molecule has 0 aromatic carbocycles. The first-order valence-electron chi connectivity index (χ1n) is 5.00. The molecule has 86 valence electrons. The van der Waals surface area contributed by atoms with Gasteiger partial charge in [0.15, 0.2) is 0 Å². The average Bonchev–Trinajstić information content (AvgIpc) is 2.70. The van der Waals surface area contributed by atoms with Gasteiger partial charge in [-0.05, 0) is 54.4 Å². The van der Waals surface area contributed by atoms with Gasteiger partial charge in [0.1, 0.15) is 6.10 Å². The number of rotatable bonds is 2. The molecule has 2 rings (SSSR count). The Balaban J connectivity index is 2.38. The van der Waals surface area contributed by atoms with Crippen molar-refractivity contribution in [1.82, 2.24) is 0 Å². The van der Waals surface area contributed by atoms with Crippen LogP contribution in [0, 0.1) is 20.8 Å². The van der Waals surface area contributed by atoms with E-state index in [0.29, 0.717) is 0 Å². The maximum atomic E-state index is 10.3. The fraction of sp³-hybridized carbons (Fsp3) is 0.333. The fourth-order valence-electron chi connectivity index (χ4n) is 1.55. The number of hydrogen-bond acceptors (Lipinski definition) is 3. The van der Waals surface area contributed by atoms with Crippen molar-refractivity contribution in [3.8, 4) is 0 Å². The SMILES string of the molecule is Cc1cc(Br)c(C(O)c2cc(C)c(C)s2)s1. The number of halogens is 1. The standard InChI is InChI=1S/C12H13BrOS2/c1-6-4-10(16-8(6)3)11(14)12-9(13)5-7(2)15-12/h4-5,11,14H,1-3H3. The van der Waals surface area contributed by atoms with E-state index in [-0.39, 0.29) is 0 Å². The van der Waals surface area contributed by atoms with Gasteiger partial charge in [0.2, 0.25) is 0 Å². The summed E-state index contributed by atoms with van der Waals surface area (Å²) in [6, 6.07) is 4.13. The lowest BCUT2D eigenvalue weighted by Crippen LogP contribution is -1.94. The average molecular weight is 317 g/mol. The predicted octanol–water partition coefficient (Wildman–Crippen LogP) is 4.58. The van der Waals surface area contributed by atoms with Gasteiger partial charge in [-0.1, -0.05) is 0 Å². The van der Waals surface area contributed by atoms with E-state index in [1.165, 1.54) is 15.3 Å². The van der Waals surface area contributed by atoms with E-state index in [2.05, 4.69) is 48.8 Å². The molecule has 0 aliphatic rings. The minimum absolute atomic E-state index is 0.495. The second-order valence-electron chi connectivity index (χ2n) is 3.86. The number of aliphatic hydroxyl groups excluding tert-OH is 1. The minimum Gasteiger partial charge on any atom is -0.382 e. The Hall–Kier alpha value is -0.160. The van der Waals surface area contributed by atoms with Crippen LogP contribution in [0.2, 0.25) is 0 Å². The van der Waals surface area contributed by atoms with E-state index in [0.717, 1.165) is 14.2 Å². The summed E-state index contributed by atoms with van der Waals surface area (Å²) in [6.07, 6.45) is -0.495. The van der Waals surface area contributed by atoms with E-state index in [4.69, 9.17) is 0 Å². The van der Waals surface area contributed by atoms with Crippen LogP contribution in [0.5, 0.6) is 0 Å². The molecule has 0 aliphatic heterocycles. The van der Waals surface area contributed by atoms with Crippen molar-refractivity contribution in [3.63, 3.8) is 0 Å². The molecule has 0 bridgehead atoms. The van der Waals surface area contributed by atoms with Crippen molar-refractivity contribution in [3.05, 3.63) is 41.7 Å². The first-order chi connectivity index (χ1) is 7.49. The summed E-state index contributed by atoms with van der Waals surface area (Å²) in [5.74, 6) is 0. The van der Waals surface area contributed by atoms with E-state index < -0.39 is 6.10 Å². The van der Waals surface area contributed by atoms with Crippen molar-refractivity contribution in [1.29, 1.82) is 0 Å². The summed E-state index contributed by atoms with van der Waals surface area (Å²) in [7, 11) is 0. The smallest absolute Gasteiger partial charge is 0.123 e. The number of aliphatic hydroxyl groups is 1. The van der Waals surface area contributed by atoms with Crippen LogP contribution < -0.4 is 0 Å². The van der Waals surface area contributed by atoms with Crippen LogP contribution in [0.3, 0.4) is 0 Å².